The van der Waals surface area contributed by atoms with Crippen molar-refractivity contribution in [2.45, 2.75) is 51.4 Å². The van der Waals surface area contributed by atoms with E-state index in [1.807, 2.05) is 41.1 Å². The lowest BCUT2D eigenvalue weighted by atomic mass is 9.90. The first-order valence-electron chi connectivity index (χ1n) is 11.2. The normalized spacial score (nSPS) is 14.7. The van der Waals surface area contributed by atoms with E-state index >= 15 is 0 Å². The SMILES string of the molecule is CCc1c(-c2nnc(C3CCCCC3)s2)nn(-c2ccc(Cl)cc2Cl)c1-c1ccc(Cl)cc1. The largest absolute Gasteiger partial charge is 0.231 e. The Kier molecular flexibility index (Phi) is 6.75. The van der Waals surface area contributed by atoms with E-state index in [-0.39, 0.29) is 0 Å². The lowest BCUT2D eigenvalue weighted by Gasteiger charge is -2.18. The van der Waals surface area contributed by atoms with Crippen LogP contribution in [-0.2, 0) is 6.42 Å². The second kappa shape index (κ2) is 9.75. The molecule has 2 aromatic carbocycles. The number of hydrogen-bond donors (Lipinski definition) is 0. The van der Waals surface area contributed by atoms with Gasteiger partial charge in [0.05, 0.1) is 16.4 Å². The van der Waals surface area contributed by atoms with E-state index in [4.69, 9.17) is 39.9 Å². The van der Waals surface area contributed by atoms with Crippen LogP contribution >= 0.6 is 46.1 Å². The quantitative estimate of drug-likeness (QED) is 0.266. The molecule has 0 N–H and O–H groups in total. The predicted molar refractivity (Wildman–Crippen MR) is 138 cm³/mol. The van der Waals surface area contributed by atoms with Crippen molar-refractivity contribution < 1.29 is 0 Å². The van der Waals surface area contributed by atoms with E-state index in [1.165, 1.54) is 32.1 Å². The first kappa shape index (κ1) is 22.9. The second-order valence-electron chi connectivity index (χ2n) is 8.32. The first-order valence-corrected chi connectivity index (χ1v) is 13.2. The highest BCUT2D eigenvalue weighted by molar-refractivity contribution is 7.14. The van der Waals surface area contributed by atoms with Crippen LogP contribution in [0.2, 0.25) is 15.1 Å². The molecule has 1 aliphatic carbocycles. The Balaban J connectivity index is 1.68. The fourth-order valence-electron chi connectivity index (χ4n) is 4.53. The van der Waals surface area contributed by atoms with Crippen LogP contribution in [0.25, 0.3) is 27.6 Å². The summed E-state index contributed by atoms with van der Waals surface area (Å²) in [6.07, 6.45) is 7.03. The maximum absolute atomic E-state index is 6.61. The van der Waals surface area contributed by atoms with E-state index in [0.29, 0.717) is 21.0 Å². The molecule has 0 amide bonds. The maximum Gasteiger partial charge on any atom is 0.168 e. The van der Waals surface area contributed by atoms with Gasteiger partial charge in [-0.25, -0.2) is 4.68 Å². The molecule has 0 radical (unpaired) electrons. The molecule has 170 valence electrons. The average Bonchev–Trinajstić information content (AvgIpc) is 3.45. The summed E-state index contributed by atoms with van der Waals surface area (Å²) in [7, 11) is 0. The lowest BCUT2D eigenvalue weighted by Crippen LogP contribution is -2.03. The zero-order valence-corrected chi connectivity index (χ0v) is 21.3. The van der Waals surface area contributed by atoms with Crippen molar-refractivity contribution >= 4 is 46.1 Å². The van der Waals surface area contributed by atoms with Crippen LogP contribution in [0.3, 0.4) is 0 Å². The molecule has 0 unspecified atom stereocenters. The van der Waals surface area contributed by atoms with Crippen LogP contribution in [-0.4, -0.2) is 20.0 Å². The highest BCUT2D eigenvalue weighted by atomic mass is 35.5. The topological polar surface area (TPSA) is 43.6 Å². The molecular weight excluding hydrogens is 495 g/mol. The van der Waals surface area contributed by atoms with Crippen molar-refractivity contribution in [3.63, 3.8) is 0 Å². The zero-order valence-electron chi connectivity index (χ0n) is 18.2. The van der Waals surface area contributed by atoms with Crippen LogP contribution in [0.4, 0.5) is 0 Å². The van der Waals surface area contributed by atoms with Crippen molar-refractivity contribution in [2.75, 3.05) is 0 Å². The Morgan fingerprint density at radius 2 is 1.67 bits per heavy atom. The van der Waals surface area contributed by atoms with E-state index in [1.54, 1.807) is 17.4 Å². The second-order valence-corrected chi connectivity index (χ2v) is 10.6. The number of halogens is 3. The van der Waals surface area contributed by atoms with Gasteiger partial charge in [0.15, 0.2) is 5.01 Å². The summed E-state index contributed by atoms with van der Waals surface area (Å²) in [5.74, 6) is 0.513. The van der Waals surface area contributed by atoms with Gasteiger partial charge in [-0.2, -0.15) is 5.10 Å². The number of aromatic nitrogens is 4. The summed E-state index contributed by atoms with van der Waals surface area (Å²) >= 11 is 20.6. The van der Waals surface area contributed by atoms with Gasteiger partial charge in [-0.15, -0.1) is 10.2 Å². The first-order chi connectivity index (χ1) is 16.0. The third-order valence-corrected chi connectivity index (χ3v) is 8.07. The minimum Gasteiger partial charge on any atom is -0.231 e. The van der Waals surface area contributed by atoms with Crippen LogP contribution in [0.15, 0.2) is 42.5 Å². The zero-order chi connectivity index (χ0) is 22.9. The standard InChI is InChI=1S/C25H23Cl3N4S/c1-2-19-22(25-30-29-24(33-25)16-6-4-3-5-7-16)31-32(21-13-12-18(27)14-20(21)28)23(19)15-8-10-17(26)11-9-15/h8-14,16H,2-7H2,1H3. The van der Waals surface area contributed by atoms with Gasteiger partial charge in [-0.3, -0.25) is 0 Å². The van der Waals surface area contributed by atoms with Crippen molar-refractivity contribution in [1.82, 2.24) is 20.0 Å². The summed E-state index contributed by atoms with van der Waals surface area (Å²) in [5.41, 5.74) is 4.72. The fourth-order valence-corrected chi connectivity index (χ4v) is 6.17. The third-order valence-electron chi connectivity index (χ3n) is 6.19. The van der Waals surface area contributed by atoms with Crippen molar-refractivity contribution in [1.29, 1.82) is 0 Å². The number of hydrogen-bond acceptors (Lipinski definition) is 4. The number of rotatable bonds is 5. The molecule has 2 aromatic heterocycles. The van der Waals surface area contributed by atoms with Gasteiger partial charge >= 0.3 is 0 Å². The third kappa shape index (κ3) is 4.57. The molecule has 0 atom stereocenters. The van der Waals surface area contributed by atoms with Crippen molar-refractivity contribution in [2.24, 2.45) is 0 Å². The molecule has 0 aliphatic heterocycles. The van der Waals surface area contributed by atoms with Crippen LogP contribution < -0.4 is 0 Å². The molecule has 33 heavy (non-hydrogen) atoms. The van der Waals surface area contributed by atoms with Crippen LogP contribution in [0.5, 0.6) is 0 Å². The van der Waals surface area contributed by atoms with Gasteiger partial charge in [-0.05, 0) is 49.6 Å². The molecule has 1 saturated carbocycles. The Bertz CT molecular complexity index is 1270. The van der Waals surface area contributed by atoms with Gasteiger partial charge in [0, 0.05) is 27.1 Å². The molecule has 2 heterocycles. The van der Waals surface area contributed by atoms with Gasteiger partial charge in [0.2, 0.25) is 0 Å². The minimum atomic E-state index is 0.513. The Morgan fingerprint density at radius 3 is 2.36 bits per heavy atom. The van der Waals surface area contributed by atoms with Crippen LogP contribution in [0, 0.1) is 0 Å². The van der Waals surface area contributed by atoms with Gasteiger partial charge in [0.25, 0.3) is 0 Å². The van der Waals surface area contributed by atoms with Gasteiger partial charge in [0.1, 0.15) is 10.7 Å². The Hall–Kier alpha value is -1.92. The van der Waals surface area contributed by atoms with Crippen molar-refractivity contribution in [3.05, 3.63) is 68.1 Å². The Labute approximate surface area is 212 Å². The summed E-state index contributed by atoms with van der Waals surface area (Å²) in [6.45, 7) is 2.14. The average molecular weight is 518 g/mol. The van der Waals surface area contributed by atoms with Crippen LogP contribution in [0.1, 0.15) is 55.5 Å². The monoisotopic (exact) mass is 516 g/mol. The Morgan fingerprint density at radius 1 is 0.939 bits per heavy atom. The van der Waals surface area contributed by atoms with Gasteiger partial charge in [-0.1, -0.05) is 84.5 Å². The molecule has 4 nitrogen and oxygen atoms in total. The molecule has 5 rings (SSSR count). The summed E-state index contributed by atoms with van der Waals surface area (Å²) in [5, 5.41) is 18.0. The van der Waals surface area contributed by atoms with Crippen molar-refractivity contribution in [3.8, 4) is 27.6 Å². The molecular formula is C25H23Cl3N4S. The molecule has 1 aliphatic rings. The summed E-state index contributed by atoms with van der Waals surface area (Å²) in [6, 6.07) is 13.3. The minimum absolute atomic E-state index is 0.513. The lowest BCUT2D eigenvalue weighted by molar-refractivity contribution is 0.440. The van der Waals surface area contributed by atoms with Gasteiger partial charge < -0.3 is 0 Å². The van der Waals surface area contributed by atoms with E-state index in [0.717, 1.165) is 44.6 Å². The number of nitrogens with zero attached hydrogens (tertiary/aromatic N) is 4. The van der Waals surface area contributed by atoms with E-state index in [9.17, 15) is 0 Å². The smallest absolute Gasteiger partial charge is 0.168 e. The van der Waals surface area contributed by atoms with E-state index < -0.39 is 0 Å². The highest BCUT2D eigenvalue weighted by Crippen LogP contribution is 2.40. The summed E-state index contributed by atoms with van der Waals surface area (Å²) < 4.78 is 1.90. The molecule has 0 saturated heterocycles. The molecule has 0 bridgehead atoms. The molecule has 4 aromatic rings. The molecule has 1 fully saturated rings. The highest BCUT2D eigenvalue weighted by Gasteiger charge is 2.26. The maximum atomic E-state index is 6.61. The predicted octanol–water partition coefficient (Wildman–Crippen LogP) is 8.63. The molecule has 0 spiro atoms. The van der Waals surface area contributed by atoms with E-state index in [2.05, 4.69) is 17.1 Å². The molecule has 8 heteroatoms. The summed E-state index contributed by atoms with van der Waals surface area (Å²) in [4.78, 5) is 0. The fraction of sp³-hybridized carbons (Fsp3) is 0.320. The number of benzene rings is 2.